The Bertz CT molecular complexity index is 917. The van der Waals surface area contributed by atoms with Gasteiger partial charge in [-0.3, -0.25) is 0 Å². The molecule has 0 unspecified atom stereocenters. The van der Waals surface area contributed by atoms with E-state index in [0.717, 1.165) is 27.0 Å². The first-order valence-corrected chi connectivity index (χ1v) is 9.79. The molecule has 0 bridgehead atoms. The highest BCUT2D eigenvalue weighted by Gasteiger charge is 2.06. The lowest BCUT2D eigenvalue weighted by atomic mass is 10.2. The largest absolute Gasteiger partial charge is 0.488 e. The van der Waals surface area contributed by atoms with E-state index in [1.807, 2.05) is 48.5 Å². The van der Waals surface area contributed by atoms with E-state index in [0.29, 0.717) is 28.2 Å². The lowest BCUT2D eigenvalue weighted by Crippen LogP contribution is -2.01. The SMILES string of the molecule is Clc1ccc(NCc2ccc(OCc3ccccc3Cl)c(Br)c2)c(Cl)c1. The molecule has 1 N–H and O–H groups in total. The molecule has 0 saturated carbocycles. The first-order valence-electron chi connectivity index (χ1n) is 7.86. The molecule has 134 valence electrons. The Labute approximate surface area is 176 Å². The minimum absolute atomic E-state index is 0.413. The van der Waals surface area contributed by atoms with Gasteiger partial charge in [0.1, 0.15) is 12.4 Å². The molecule has 0 fully saturated rings. The van der Waals surface area contributed by atoms with Crippen molar-refractivity contribution in [2.45, 2.75) is 13.2 Å². The minimum Gasteiger partial charge on any atom is -0.488 e. The van der Waals surface area contributed by atoms with Crippen LogP contribution in [0.4, 0.5) is 5.69 Å². The van der Waals surface area contributed by atoms with Crippen LogP contribution in [0.1, 0.15) is 11.1 Å². The third-order valence-corrected chi connectivity index (χ3v) is 5.29. The van der Waals surface area contributed by atoms with Crippen molar-refractivity contribution in [2.75, 3.05) is 5.32 Å². The van der Waals surface area contributed by atoms with E-state index in [1.165, 1.54) is 0 Å². The first-order chi connectivity index (χ1) is 12.5. The van der Waals surface area contributed by atoms with E-state index in [9.17, 15) is 0 Å². The van der Waals surface area contributed by atoms with E-state index in [-0.39, 0.29) is 0 Å². The van der Waals surface area contributed by atoms with Gasteiger partial charge in [-0.25, -0.2) is 0 Å². The molecule has 26 heavy (non-hydrogen) atoms. The average molecular weight is 472 g/mol. The van der Waals surface area contributed by atoms with Crippen molar-refractivity contribution in [3.8, 4) is 5.75 Å². The molecule has 6 heteroatoms. The van der Waals surface area contributed by atoms with E-state index >= 15 is 0 Å². The predicted octanol–water partition coefficient (Wildman–Crippen LogP) is 7.60. The molecule has 3 aromatic rings. The highest BCUT2D eigenvalue weighted by molar-refractivity contribution is 9.10. The fourth-order valence-electron chi connectivity index (χ4n) is 2.37. The highest BCUT2D eigenvalue weighted by atomic mass is 79.9. The van der Waals surface area contributed by atoms with E-state index in [1.54, 1.807) is 12.1 Å². The number of anilines is 1. The van der Waals surface area contributed by atoms with Crippen molar-refractivity contribution in [1.29, 1.82) is 0 Å². The molecule has 0 atom stereocenters. The van der Waals surface area contributed by atoms with E-state index in [4.69, 9.17) is 39.5 Å². The van der Waals surface area contributed by atoms with Crippen LogP contribution in [0.2, 0.25) is 15.1 Å². The summed E-state index contributed by atoms with van der Waals surface area (Å²) in [5.41, 5.74) is 2.88. The summed E-state index contributed by atoms with van der Waals surface area (Å²) in [5.74, 6) is 0.762. The van der Waals surface area contributed by atoms with Crippen LogP contribution in [-0.4, -0.2) is 0 Å². The van der Waals surface area contributed by atoms with Crippen molar-refractivity contribution in [2.24, 2.45) is 0 Å². The van der Waals surface area contributed by atoms with Crippen LogP contribution < -0.4 is 10.1 Å². The summed E-state index contributed by atoms with van der Waals surface area (Å²) in [6.45, 7) is 1.04. The average Bonchev–Trinajstić information content (AvgIpc) is 2.61. The predicted molar refractivity (Wildman–Crippen MR) is 114 cm³/mol. The lowest BCUT2D eigenvalue weighted by molar-refractivity contribution is 0.304. The van der Waals surface area contributed by atoms with Crippen molar-refractivity contribution >= 4 is 56.4 Å². The summed E-state index contributed by atoms with van der Waals surface area (Å²) in [7, 11) is 0. The van der Waals surface area contributed by atoms with Crippen LogP contribution in [0, 0.1) is 0 Å². The molecule has 0 aliphatic rings. The second-order valence-electron chi connectivity index (χ2n) is 5.62. The van der Waals surface area contributed by atoms with Gasteiger partial charge in [-0.2, -0.15) is 0 Å². The Morgan fingerprint density at radius 1 is 0.885 bits per heavy atom. The van der Waals surface area contributed by atoms with Crippen molar-refractivity contribution < 1.29 is 4.74 Å². The standard InChI is InChI=1S/C20H15BrCl3NO/c21-16-9-13(11-25-19-7-6-15(22)10-18(19)24)5-8-20(16)26-12-14-3-1-2-4-17(14)23/h1-10,25H,11-12H2. The molecule has 3 aromatic carbocycles. The normalized spacial score (nSPS) is 10.6. The zero-order valence-electron chi connectivity index (χ0n) is 13.6. The number of ether oxygens (including phenoxy) is 1. The molecule has 2 nitrogen and oxygen atoms in total. The summed E-state index contributed by atoms with van der Waals surface area (Å²) < 4.78 is 6.75. The minimum atomic E-state index is 0.413. The van der Waals surface area contributed by atoms with Gasteiger partial charge in [0.15, 0.2) is 0 Å². The van der Waals surface area contributed by atoms with Gasteiger partial charge in [0.25, 0.3) is 0 Å². The Morgan fingerprint density at radius 3 is 2.42 bits per heavy atom. The van der Waals surface area contributed by atoms with Gasteiger partial charge in [-0.1, -0.05) is 59.1 Å². The number of nitrogens with one attached hydrogen (secondary N) is 1. The molecule has 0 aliphatic carbocycles. The Hall–Kier alpha value is -1.39. The third-order valence-electron chi connectivity index (χ3n) is 3.75. The van der Waals surface area contributed by atoms with Crippen molar-refractivity contribution in [3.05, 3.63) is 91.3 Å². The summed E-state index contributed by atoms with van der Waals surface area (Å²) in [4.78, 5) is 0. The lowest BCUT2D eigenvalue weighted by Gasteiger charge is -2.12. The fraction of sp³-hybridized carbons (Fsp3) is 0.100. The second-order valence-corrected chi connectivity index (χ2v) is 7.73. The zero-order valence-corrected chi connectivity index (χ0v) is 17.5. The van der Waals surface area contributed by atoms with E-state index in [2.05, 4.69) is 21.2 Å². The van der Waals surface area contributed by atoms with Crippen LogP contribution in [0.15, 0.2) is 65.1 Å². The molecule has 0 radical (unpaired) electrons. The van der Waals surface area contributed by atoms with Crippen LogP contribution in [-0.2, 0) is 13.2 Å². The number of hydrogen-bond donors (Lipinski definition) is 1. The second kappa shape index (κ2) is 9.01. The van der Waals surface area contributed by atoms with Gasteiger partial charge in [0, 0.05) is 22.2 Å². The molecule has 0 heterocycles. The first kappa shape index (κ1) is 19.4. The van der Waals surface area contributed by atoms with Crippen molar-refractivity contribution in [1.82, 2.24) is 0 Å². The van der Waals surface area contributed by atoms with Gasteiger partial charge in [0.05, 0.1) is 15.2 Å². The van der Waals surface area contributed by atoms with Gasteiger partial charge < -0.3 is 10.1 Å². The van der Waals surface area contributed by atoms with Crippen LogP contribution in [0.25, 0.3) is 0 Å². The number of rotatable bonds is 6. The number of halogens is 4. The summed E-state index contributed by atoms with van der Waals surface area (Å²) >= 11 is 21.8. The molecule has 0 aromatic heterocycles. The van der Waals surface area contributed by atoms with Crippen LogP contribution in [0.3, 0.4) is 0 Å². The Kier molecular flexibility index (Phi) is 6.71. The fourth-order valence-corrected chi connectivity index (χ4v) is 3.58. The maximum absolute atomic E-state index is 6.18. The topological polar surface area (TPSA) is 21.3 Å². The van der Waals surface area contributed by atoms with Gasteiger partial charge in [-0.15, -0.1) is 0 Å². The van der Waals surface area contributed by atoms with Crippen LogP contribution >= 0.6 is 50.7 Å². The molecule has 0 saturated heterocycles. The number of hydrogen-bond acceptors (Lipinski definition) is 2. The smallest absolute Gasteiger partial charge is 0.134 e. The zero-order chi connectivity index (χ0) is 18.5. The molecule has 0 amide bonds. The molecule has 0 aliphatic heterocycles. The van der Waals surface area contributed by atoms with E-state index < -0.39 is 0 Å². The molecule has 0 spiro atoms. The summed E-state index contributed by atoms with van der Waals surface area (Å²) in [5, 5.41) is 5.21. The summed E-state index contributed by atoms with van der Waals surface area (Å²) in [6.07, 6.45) is 0. The maximum atomic E-state index is 6.18. The Balaban J connectivity index is 1.63. The maximum Gasteiger partial charge on any atom is 0.134 e. The molecular weight excluding hydrogens is 456 g/mol. The monoisotopic (exact) mass is 469 g/mol. The number of benzene rings is 3. The third kappa shape index (κ3) is 5.08. The van der Waals surface area contributed by atoms with Gasteiger partial charge in [-0.05, 0) is 57.9 Å². The summed E-state index contributed by atoms with van der Waals surface area (Å²) in [6, 6.07) is 19.0. The quantitative estimate of drug-likeness (QED) is 0.400. The highest BCUT2D eigenvalue weighted by Crippen LogP contribution is 2.29. The van der Waals surface area contributed by atoms with Crippen LogP contribution in [0.5, 0.6) is 5.75 Å². The van der Waals surface area contributed by atoms with Crippen molar-refractivity contribution in [3.63, 3.8) is 0 Å². The van der Waals surface area contributed by atoms with Gasteiger partial charge in [0.2, 0.25) is 0 Å². The van der Waals surface area contributed by atoms with Gasteiger partial charge >= 0.3 is 0 Å². The Morgan fingerprint density at radius 2 is 1.69 bits per heavy atom. The molecule has 3 rings (SSSR count). The molecular formula is C20H15BrCl3NO.